The Morgan fingerprint density at radius 1 is 1.33 bits per heavy atom. The van der Waals surface area contributed by atoms with Crippen molar-refractivity contribution >= 4 is 35.5 Å². The number of nitrogens with two attached hydrogens (primary N) is 2. The third-order valence-electron chi connectivity index (χ3n) is 6.92. The molecule has 5 rings (SSSR count). The van der Waals surface area contributed by atoms with Gasteiger partial charge in [0.05, 0.1) is 17.2 Å². The second-order valence-corrected chi connectivity index (χ2v) is 10.2. The predicted octanol–water partition coefficient (Wildman–Crippen LogP) is -0.453. The lowest BCUT2D eigenvalue weighted by Gasteiger charge is -2.30. The Bertz CT molecular complexity index is 1130. The number of para-hydroxylation sites is 1. The molecule has 2 fully saturated rings. The van der Waals surface area contributed by atoms with Crippen LogP contribution in [0.2, 0.25) is 0 Å². The zero-order valence-electron chi connectivity index (χ0n) is 19.5. The summed E-state index contributed by atoms with van der Waals surface area (Å²) in [6.07, 6.45) is 1.73. The molecule has 2 saturated heterocycles. The number of aromatic carboxylic acids is 1. The van der Waals surface area contributed by atoms with Gasteiger partial charge < -0.3 is 36.3 Å². The molecule has 0 saturated carbocycles. The Morgan fingerprint density at radius 2 is 2.11 bits per heavy atom. The molecule has 4 atom stereocenters. The van der Waals surface area contributed by atoms with Gasteiger partial charge in [-0.15, -0.1) is 11.3 Å². The standard InChI is InChI=1S/C22H29BN6O6S/c24-9-11-4-6-29(7-5-11)20-19(34-20)28-16(14-10-36-22(25)26-14)18(30)27-15-8-12-2-1-3-13(21(31)32)17(12)35-23(15)33/h1-3,10-11,15-16,19-20,28,33H,4-9,24H2,(H2,25,26)(H,27,30)(H,31,32)/t15-,16?,19?,20?/m0/s1. The number of hydrogen-bond donors (Lipinski definition) is 6. The fourth-order valence-electron chi connectivity index (χ4n) is 4.82. The Balaban J connectivity index is 1.26. The van der Waals surface area contributed by atoms with E-state index in [1.54, 1.807) is 17.5 Å². The lowest BCUT2D eigenvalue weighted by molar-refractivity contribution is -0.124. The number of anilines is 1. The van der Waals surface area contributed by atoms with E-state index in [-0.39, 0.29) is 30.2 Å². The van der Waals surface area contributed by atoms with Crippen LogP contribution in [0.25, 0.3) is 0 Å². The Labute approximate surface area is 212 Å². The Kier molecular flexibility index (Phi) is 7.15. The summed E-state index contributed by atoms with van der Waals surface area (Å²) < 4.78 is 11.3. The van der Waals surface area contributed by atoms with Gasteiger partial charge in [0.1, 0.15) is 11.8 Å². The number of benzene rings is 1. The number of carbonyl (C=O) groups excluding carboxylic acids is 1. The summed E-state index contributed by atoms with van der Waals surface area (Å²) in [5.74, 6) is -1.73. The first kappa shape index (κ1) is 24.9. The van der Waals surface area contributed by atoms with Crippen LogP contribution in [0.15, 0.2) is 23.6 Å². The van der Waals surface area contributed by atoms with Crippen molar-refractivity contribution < 1.29 is 29.1 Å². The monoisotopic (exact) mass is 516 g/mol. The molecule has 14 heteroatoms. The van der Waals surface area contributed by atoms with Crippen LogP contribution in [0, 0.1) is 5.92 Å². The maximum atomic E-state index is 13.4. The molecular weight excluding hydrogens is 487 g/mol. The fraction of sp³-hybridized carbons (Fsp3) is 0.500. The zero-order chi connectivity index (χ0) is 25.4. The van der Waals surface area contributed by atoms with Crippen LogP contribution in [0.1, 0.15) is 40.5 Å². The van der Waals surface area contributed by atoms with Crippen molar-refractivity contribution in [3.63, 3.8) is 0 Å². The van der Waals surface area contributed by atoms with Crippen molar-refractivity contribution in [2.45, 2.75) is 43.7 Å². The van der Waals surface area contributed by atoms with Crippen LogP contribution in [-0.2, 0) is 16.0 Å². The first-order chi connectivity index (χ1) is 17.3. The van der Waals surface area contributed by atoms with E-state index in [0.717, 1.165) is 25.9 Å². The van der Waals surface area contributed by atoms with Crippen LogP contribution < -0.4 is 26.8 Å². The second-order valence-electron chi connectivity index (χ2n) is 9.30. The lowest BCUT2D eigenvalue weighted by Crippen LogP contribution is -2.55. The van der Waals surface area contributed by atoms with Gasteiger partial charge in [0.25, 0.3) is 0 Å². The number of thiazole rings is 1. The third-order valence-corrected chi connectivity index (χ3v) is 7.61. The molecule has 0 radical (unpaired) electrons. The van der Waals surface area contributed by atoms with E-state index in [0.29, 0.717) is 28.9 Å². The molecule has 192 valence electrons. The number of carbonyl (C=O) groups is 2. The van der Waals surface area contributed by atoms with Crippen LogP contribution in [0.5, 0.6) is 5.75 Å². The number of carboxylic acids is 1. The minimum absolute atomic E-state index is 0.0405. The van der Waals surface area contributed by atoms with Gasteiger partial charge in [-0.2, -0.15) is 0 Å². The van der Waals surface area contributed by atoms with Gasteiger partial charge in [-0.05, 0) is 43.4 Å². The number of ether oxygens (including phenoxy) is 1. The van der Waals surface area contributed by atoms with E-state index >= 15 is 0 Å². The highest BCUT2D eigenvalue weighted by Gasteiger charge is 2.47. The van der Waals surface area contributed by atoms with E-state index in [2.05, 4.69) is 20.5 Å². The van der Waals surface area contributed by atoms with Crippen LogP contribution in [-0.4, -0.2) is 77.0 Å². The third kappa shape index (κ3) is 5.19. The average molecular weight is 516 g/mol. The average Bonchev–Trinajstić information content (AvgIpc) is 3.52. The van der Waals surface area contributed by atoms with Gasteiger partial charge >= 0.3 is 13.1 Å². The smallest absolute Gasteiger partial charge is 0.534 e. The van der Waals surface area contributed by atoms with Crippen LogP contribution in [0.3, 0.4) is 0 Å². The fourth-order valence-corrected chi connectivity index (χ4v) is 5.41. The van der Waals surface area contributed by atoms with Gasteiger partial charge in [-0.3, -0.25) is 15.0 Å². The van der Waals surface area contributed by atoms with Crippen molar-refractivity contribution in [2.75, 3.05) is 25.4 Å². The molecule has 3 unspecified atom stereocenters. The molecule has 0 spiro atoms. The van der Waals surface area contributed by atoms with Crippen molar-refractivity contribution in [1.82, 2.24) is 20.5 Å². The minimum atomic E-state index is -1.42. The molecule has 1 aromatic carbocycles. The summed E-state index contributed by atoms with van der Waals surface area (Å²) in [5, 5.41) is 28.0. The molecule has 0 aliphatic carbocycles. The molecule has 1 amide bonds. The Morgan fingerprint density at radius 3 is 2.78 bits per heavy atom. The number of amides is 1. The summed E-state index contributed by atoms with van der Waals surface area (Å²) in [6, 6.07) is 3.85. The number of nitrogen functional groups attached to an aromatic ring is 1. The zero-order valence-corrected chi connectivity index (χ0v) is 20.3. The maximum Gasteiger partial charge on any atom is 0.547 e. The Hall–Kier alpha value is -2.75. The number of rotatable bonds is 8. The molecule has 1 aromatic heterocycles. The van der Waals surface area contributed by atoms with Crippen molar-refractivity contribution in [3.05, 3.63) is 40.4 Å². The highest BCUT2D eigenvalue weighted by molar-refractivity contribution is 7.13. The van der Waals surface area contributed by atoms with E-state index in [4.69, 9.17) is 20.9 Å². The number of carboxylic acid groups (broad SMARTS) is 1. The van der Waals surface area contributed by atoms with Gasteiger partial charge in [0, 0.05) is 18.5 Å². The van der Waals surface area contributed by atoms with E-state index in [1.165, 1.54) is 17.4 Å². The molecular formula is C22H29BN6O6S. The number of fused-ring (bicyclic) bond motifs is 1. The summed E-state index contributed by atoms with van der Waals surface area (Å²) in [7, 11) is -1.42. The molecule has 3 aliphatic heterocycles. The summed E-state index contributed by atoms with van der Waals surface area (Å²) in [6.45, 7) is 2.45. The minimum Gasteiger partial charge on any atom is -0.534 e. The molecule has 4 heterocycles. The number of epoxide rings is 1. The highest BCUT2D eigenvalue weighted by atomic mass is 32.1. The van der Waals surface area contributed by atoms with Gasteiger partial charge in [0.2, 0.25) is 5.91 Å². The first-order valence-electron chi connectivity index (χ1n) is 11.9. The predicted molar refractivity (Wildman–Crippen MR) is 132 cm³/mol. The molecule has 3 aliphatic rings. The number of piperidine rings is 1. The van der Waals surface area contributed by atoms with Crippen molar-refractivity contribution in [1.29, 1.82) is 0 Å². The lowest BCUT2D eigenvalue weighted by atomic mass is 9.72. The number of aromatic nitrogens is 1. The topological polar surface area (TPSA) is 189 Å². The highest BCUT2D eigenvalue weighted by Crippen LogP contribution is 2.32. The van der Waals surface area contributed by atoms with Crippen LogP contribution in [0.4, 0.5) is 5.13 Å². The summed E-state index contributed by atoms with van der Waals surface area (Å²) >= 11 is 1.22. The quantitative estimate of drug-likeness (QED) is 0.197. The number of likely N-dealkylation sites (tertiary alicyclic amines) is 1. The first-order valence-corrected chi connectivity index (χ1v) is 12.8. The molecule has 36 heavy (non-hydrogen) atoms. The van der Waals surface area contributed by atoms with Crippen LogP contribution >= 0.6 is 11.3 Å². The number of hydrogen-bond acceptors (Lipinski definition) is 11. The summed E-state index contributed by atoms with van der Waals surface area (Å²) in [5.41, 5.74) is 12.6. The van der Waals surface area contributed by atoms with Gasteiger partial charge in [0.15, 0.2) is 17.6 Å². The van der Waals surface area contributed by atoms with E-state index in [1.807, 2.05) is 0 Å². The molecule has 8 N–H and O–H groups in total. The maximum absolute atomic E-state index is 13.4. The molecule has 2 aromatic rings. The molecule has 12 nitrogen and oxygen atoms in total. The number of nitrogens with zero attached hydrogens (tertiary/aromatic N) is 2. The summed E-state index contributed by atoms with van der Waals surface area (Å²) in [4.78, 5) is 31.4. The van der Waals surface area contributed by atoms with E-state index < -0.39 is 31.0 Å². The van der Waals surface area contributed by atoms with Crippen molar-refractivity contribution in [2.24, 2.45) is 11.7 Å². The van der Waals surface area contributed by atoms with Crippen molar-refractivity contribution in [3.8, 4) is 5.75 Å². The molecule has 0 bridgehead atoms. The SMILES string of the molecule is NCC1CCN(C2OC2NC(C(=O)N[C@H]2Cc3cccc(C(=O)O)c3OB2O)c2csc(N)n2)CC1. The number of nitrogens with one attached hydrogen (secondary N) is 2. The van der Waals surface area contributed by atoms with Gasteiger partial charge in [-0.25, -0.2) is 9.78 Å². The normalized spacial score (nSPS) is 25.1. The largest absolute Gasteiger partial charge is 0.547 e. The van der Waals surface area contributed by atoms with Gasteiger partial charge in [-0.1, -0.05) is 12.1 Å². The second kappa shape index (κ2) is 10.3. The van der Waals surface area contributed by atoms with E-state index in [9.17, 15) is 19.7 Å².